The summed E-state index contributed by atoms with van der Waals surface area (Å²) < 4.78 is 33.0. The highest BCUT2D eigenvalue weighted by Gasteiger charge is 2.27. The second-order valence-electron chi connectivity index (χ2n) is 8.85. The number of nitrogens with zero attached hydrogens (tertiary/aromatic N) is 1. The molecule has 7 heteroatoms. The minimum atomic E-state index is -3.50. The molecule has 0 radical (unpaired) electrons. The molecular weight excluding hydrogens is 436 g/mol. The van der Waals surface area contributed by atoms with E-state index in [0.717, 1.165) is 25.0 Å². The minimum Gasteiger partial charge on any atom is -0.494 e. The third-order valence-electron chi connectivity index (χ3n) is 6.13. The van der Waals surface area contributed by atoms with E-state index < -0.39 is 10.0 Å². The van der Waals surface area contributed by atoms with E-state index in [0.29, 0.717) is 36.9 Å². The van der Waals surface area contributed by atoms with Crippen molar-refractivity contribution in [3.05, 3.63) is 54.1 Å². The number of hydrogen-bond donors (Lipinski definition) is 1. The van der Waals surface area contributed by atoms with Crippen molar-refractivity contribution in [2.45, 2.75) is 63.7 Å². The molecule has 1 amide bonds. The summed E-state index contributed by atoms with van der Waals surface area (Å²) in [6.07, 6.45) is 7.71. The van der Waals surface area contributed by atoms with E-state index in [1.807, 2.05) is 0 Å². The van der Waals surface area contributed by atoms with Crippen LogP contribution in [0.1, 0.15) is 69.2 Å². The molecule has 6 nitrogen and oxygen atoms in total. The Balaban J connectivity index is 1.51. The summed E-state index contributed by atoms with van der Waals surface area (Å²) in [5, 5.41) is 2.83. The fourth-order valence-corrected chi connectivity index (χ4v) is 5.36. The molecule has 0 unspecified atom stereocenters. The van der Waals surface area contributed by atoms with Gasteiger partial charge in [-0.1, -0.05) is 39.5 Å². The standard InChI is InChI=1S/C26H36N2O4S/c1-3-4-5-6-7-20-32-24-12-8-22(9-13-24)26(29)27-23-10-14-25(15-11-23)33(30,31)28-18-16-21(2)17-19-28/h8-15,21H,3-7,16-20H2,1-2H3,(H,27,29). The average Bonchev–Trinajstić information content (AvgIpc) is 2.82. The number of rotatable bonds is 11. The molecule has 2 aromatic carbocycles. The number of amides is 1. The van der Waals surface area contributed by atoms with Crippen molar-refractivity contribution in [2.75, 3.05) is 25.0 Å². The van der Waals surface area contributed by atoms with Gasteiger partial charge in [-0.25, -0.2) is 8.42 Å². The van der Waals surface area contributed by atoms with Gasteiger partial charge in [0.1, 0.15) is 5.75 Å². The van der Waals surface area contributed by atoms with Crippen LogP contribution >= 0.6 is 0 Å². The number of carbonyl (C=O) groups excluding carboxylic acids is 1. The van der Waals surface area contributed by atoms with Crippen LogP contribution in [-0.4, -0.2) is 38.3 Å². The molecule has 0 aromatic heterocycles. The number of anilines is 1. The van der Waals surface area contributed by atoms with Crippen LogP contribution in [-0.2, 0) is 10.0 Å². The van der Waals surface area contributed by atoms with E-state index in [2.05, 4.69) is 19.2 Å². The third-order valence-corrected chi connectivity index (χ3v) is 8.04. The Labute approximate surface area is 198 Å². The fourth-order valence-electron chi connectivity index (χ4n) is 3.89. The van der Waals surface area contributed by atoms with Crippen molar-refractivity contribution in [2.24, 2.45) is 5.92 Å². The lowest BCUT2D eigenvalue weighted by molar-refractivity contribution is 0.102. The maximum atomic E-state index is 12.8. The molecule has 0 spiro atoms. The molecule has 2 aromatic rings. The highest BCUT2D eigenvalue weighted by Crippen LogP contribution is 2.24. The van der Waals surface area contributed by atoms with Crippen molar-refractivity contribution in [3.8, 4) is 5.75 Å². The SMILES string of the molecule is CCCCCCCOc1ccc(C(=O)Nc2ccc(S(=O)(=O)N3CCC(C)CC3)cc2)cc1. The molecule has 1 saturated heterocycles. The smallest absolute Gasteiger partial charge is 0.255 e. The number of piperidine rings is 1. The monoisotopic (exact) mass is 472 g/mol. The van der Waals surface area contributed by atoms with Gasteiger partial charge in [0.15, 0.2) is 0 Å². The van der Waals surface area contributed by atoms with Crippen molar-refractivity contribution < 1.29 is 17.9 Å². The normalized spacial score (nSPS) is 15.3. The molecule has 0 atom stereocenters. The third kappa shape index (κ3) is 7.30. The molecular formula is C26H36N2O4S. The van der Waals surface area contributed by atoms with Crippen LogP contribution in [0.15, 0.2) is 53.4 Å². The minimum absolute atomic E-state index is 0.248. The molecule has 0 aliphatic carbocycles. The van der Waals surface area contributed by atoms with Gasteiger partial charge in [-0.2, -0.15) is 4.31 Å². The predicted molar refractivity (Wildman–Crippen MR) is 132 cm³/mol. The van der Waals surface area contributed by atoms with Crippen molar-refractivity contribution in [3.63, 3.8) is 0 Å². The van der Waals surface area contributed by atoms with Crippen LogP contribution in [0.2, 0.25) is 0 Å². The second-order valence-corrected chi connectivity index (χ2v) is 10.8. The van der Waals surface area contributed by atoms with Gasteiger partial charge in [-0.05, 0) is 73.7 Å². The van der Waals surface area contributed by atoms with Crippen LogP contribution in [0, 0.1) is 5.92 Å². The Kier molecular flexibility index (Phi) is 9.32. The van der Waals surface area contributed by atoms with E-state index >= 15 is 0 Å². The zero-order chi connectivity index (χ0) is 23.7. The molecule has 1 N–H and O–H groups in total. The van der Waals surface area contributed by atoms with E-state index in [1.165, 1.54) is 25.7 Å². The van der Waals surface area contributed by atoms with Gasteiger partial charge in [0.2, 0.25) is 10.0 Å². The largest absolute Gasteiger partial charge is 0.494 e. The van der Waals surface area contributed by atoms with E-state index in [1.54, 1.807) is 52.8 Å². The average molecular weight is 473 g/mol. The maximum Gasteiger partial charge on any atom is 0.255 e. The van der Waals surface area contributed by atoms with Crippen molar-refractivity contribution >= 4 is 21.6 Å². The van der Waals surface area contributed by atoms with E-state index in [-0.39, 0.29) is 10.8 Å². The quantitative estimate of drug-likeness (QED) is 0.425. The second kappa shape index (κ2) is 12.2. The molecule has 1 fully saturated rings. The summed E-state index contributed by atoms with van der Waals surface area (Å²) in [5.74, 6) is 1.07. The zero-order valence-electron chi connectivity index (χ0n) is 19.8. The topological polar surface area (TPSA) is 75.7 Å². The lowest BCUT2D eigenvalue weighted by Gasteiger charge is -2.29. The first-order valence-corrected chi connectivity index (χ1v) is 13.5. The Morgan fingerprint density at radius 3 is 2.24 bits per heavy atom. The number of unbranched alkanes of at least 4 members (excludes halogenated alkanes) is 4. The van der Waals surface area contributed by atoms with E-state index in [9.17, 15) is 13.2 Å². The molecule has 33 heavy (non-hydrogen) atoms. The Morgan fingerprint density at radius 1 is 0.970 bits per heavy atom. The van der Waals surface area contributed by atoms with Crippen molar-refractivity contribution in [1.29, 1.82) is 0 Å². The molecule has 1 aliphatic rings. The predicted octanol–water partition coefficient (Wildman–Crippen LogP) is 5.71. The van der Waals surface area contributed by atoms with Crippen LogP contribution < -0.4 is 10.1 Å². The van der Waals surface area contributed by atoms with Crippen LogP contribution in [0.3, 0.4) is 0 Å². The molecule has 1 aliphatic heterocycles. The summed E-state index contributed by atoms with van der Waals surface area (Å²) in [6.45, 7) is 6.14. The zero-order valence-corrected chi connectivity index (χ0v) is 20.6. The summed E-state index contributed by atoms with van der Waals surface area (Å²) in [6, 6.07) is 13.4. The Bertz CT molecular complexity index is 980. The Morgan fingerprint density at radius 2 is 1.61 bits per heavy atom. The lowest BCUT2D eigenvalue weighted by atomic mass is 10.0. The highest BCUT2D eigenvalue weighted by atomic mass is 32.2. The van der Waals surface area contributed by atoms with Gasteiger partial charge >= 0.3 is 0 Å². The highest BCUT2D eigenvalue weighted by molar-refractivity contribution is 7.89. The summed E-state index contributed by atoms with van der Waals surface area (Å²) in [4.78, 5) is 12.8. The van der Waals surface area contributed by atoms with Crippen LogP contribution in [0.25, 0.3) is 0 Å². The van der Waals surface area contributed by atoms with Crippen LogP contribution in [0.5, 0.6) is 5.75 Å². The van der Waals surface area contributed by atoms with Crippen LogP contribution in [0.4, 0.5) is 5.69 Å². The maximum absolute atomic E-state index is 12.8. The first kappa shape index (κ1) is 25.2. The van der Waals surface area contributed by atoms with Gasteiger partial charge in [0.25, 0.3) is 5.91 Å². The van der Waals surface area contributed by atoms with Gasteiger partial charge < -0.3 is 10.1 Å². The summed E-state index contributed by atoms with van der Waals surface area (Å²) >= 11 is 0. The lowest BCUT2D eigenvalue weighted by Crippen LogP contribution is -2.37. The number of carbonyl (C=O) groups is 1. The van der Waals surface area contributed by atoms with Gasteiger partial charge in [0.05, 0.1) is 11.5 Å². The van der Waals surface area contributed by atoms with Crippen molar-refractivity contribution in [1.82, 2.24) is 4.31 Å². The number of hydrogen-bond acceptors (Lipinski definition) is 4. The first-order chi connectivity index (χ1) is 15.9. The molecule has 180 valence electrons. The summed E-state index contributed by atoms with van der Waals surface area (Å²) in [7, 11) is -3.50. The number of sulfonamides is 1. The molecule has 1 heterocycles. The molecule has 0 saturated carbocycles. The van der Waals surface area contributed by atoms with Gasteiger partial charge in [-0.3, -0.25) is 4.79 Å². The van der Waals surface area contributed by atoms with E-state index in [4.69, 9.17) is 4.74 Å². The number of nitrogens with one attached hydrogen (secondary N) is 1. The first-order valence-electron chi connectivity index (χ1n) is 12.0. The number of benzene rings is 2. The molecule has 3 rings (SSSR count). The van der Waals surface area contributed by atoms with Gasteiger partial charge in [0, 0.05) is 24.3 Å². The fraction of sp³-hybridized carbons (Fsp3) is 0.500. The number of ether oxygens (including phenoxy) is 1. The summed E-state index contributed by atoms with van der Waals surface area (Å²) in [5.41, 5.74) is 1.07. The van der Waals surface area contributed by atoms with Gasteiger partial charge in [-0.15, -0.1) is 0 Å². The Hall–Kier alpha value is -2.38. The molecule has 0 bridgehead atoms.